The van der Waals surface area contributed by atoms with E-state index in [0.717, 1.165) is 8.26 Å². The lowest BCUT2D eigenvalue weighted by Crippen LogP contribution is -2.13. The number of nitrogens with one attached hydrogen (secondary N) is 1. The zero-order valence-electron chi connectivity index (χ0n) is 10.8. The van der Waals surface area contributed by atoms with E-state index in [1.807, 2.05) is 0 Å². The Morgan fingerprint density at radius 1 is 1.38 bits per heavy atom. The van der Waals surface area contributed by atoms with Gasteiger partial charge < -0.3 is 15.8 Å². The zero-order chi connectivity index (χ0) is 15.6. The van der Waals surface area contributed by atoms with Crippen molar-refractivity contribution in [3.63, 3.8) is 0 Å². The number of rotatable bonds is 4. The Morgan fingerprint density at radius 2 is 2.10 bits per heavy atom. The van der Waals surface area contributed by atoms with Crippen LogP contribution in [-0.4, -0.2) is 18.0 Å². The van der Waals surface area contributed by atoms with Crippen molar-refractivity contribution in [3.8, 4) is 5.75 Å². The number of thiocarbonyl (C=S) groups is 1. The number of halogens is 2. The van der Waals surface area contributed by atoms with E-state index in [4.69, 9.17) is 22.7 Å². The molecule has 0 radical (unpaired) electrons. The van der Waals surface area contributed by atoms with Gasteiger partial charge in [0.25, 0.3) is 5.91 Å². The molecular formula is C13H10Br2N2O2S2. The summed E-state index contributed by atoms with van der Waals surface area (Å²) in [5.74, 6) is 0.288. The highest BCUT2D eigenvalue weighted by Gasteiger charge is 2.14. The highest BCUT2D eigenvalue weighted by Crippen LogP contribution is 2.33. The lowest BCUT2D eigenvalue weighted by molar-refractivity contribution is 0.103. The molecule has 1 heterocycles. The SMILES string of the molecule is COc1cc(C(N)=S)ccc1NC(=O)c1cc(Br)c(Br)s1. The lowest BCUT2D eigenvalue weighted by atomic mass is 10.2. The summed E-state index contributed by atoms with van der Waals surface area (Å²) in [6.07, 6.45) is 0. The fourth-order valence-corrected chi connectivity index (χ4v) is 3.65. The Hall–Kier alpha value is -0.960. The zero-order valence-corrected chi connectivity index (χ0v) is 15.6. The Labute approximate surface area is 147 Å². The van der Waals surface area contributed by atoms with Crippen molar-refractivity contribution < 1.29 is 9.53 Å². The number of anilines is 1. The second kappa shape index (κ2) is 6.87. The first-order valence-electron chi connectivity index (χ1n) is 5.66. The highest BCUT2D eigenvalue weighted by molar-refractivity contribution is 9.13. The van der Waals surface area contributed by atoms with Crippen LogP contribution in [0.25, 0.3) is 0 Å². The van der Waals surface area contributed by atoms with Crippen LogP contribution in [0.4, 0.5) is 5.69 Å². The summed E-state index contributed by atoms with van der Waals surface area (Å²) < 4.78 is 6.96. The predicted octanol–water partition coefficient (Wildman–Crippen LogP) is 4.17. The minimum Gasteiger partial charge on any atom is -0.495 e. The Balaban J connectivity index is 2.26. The molecule has 0 saturated heterocycles. The monoisotopic (exact) mass is 448 g/mol. The van der Waals surface area contributed by atoms with Crippen molar-refractivity contribution in [2.75, 3.05) is 12.4 Å². The molecule has 0 aliphatic rings. The number of thiophene rings is 1. The molecule has 4 nitrogen and oxygen atoms in total. The fourth-order valence-electron chi connectivity index (χ4n) is 1.59. The summed E-state index contributed by atoms with van der Waals surface area (Å²) in [7, 11) is 1.52. The number of carbonyl (C=O) groups is 1. The van der Waals surface area contributed by atoms with E-state index in [2.05, 4.69) is 37.2 Å². The van der Waals surface area contributed by atoms with Gasteiger partial charge in [-0.25, -0.2) is 0 Å². The molecule has 0 unspecified atom stereocenters. The lowest BCUT2D eigenvalue weighted by Gasteiger charge is -2.11. The number of carbonyl (C=O) groups excluding carboxylic acids is 1. The topological polar surface area (TPSA) is 64.3 Å². The summed E-state index contributed by atoms with van der Waals surface area (Å²) >= 11 is 13.0. The number of amides is 1. The van der Waals surface area contributed by atoms with Crippen molar-refractivity contribution in [1.29, 1.82) is 0 Å². The Morgan fingerprint density at radius 3 is 2.62 bits per heavy atom. The van der Waals surface area contributed by atoms with E-state index in [9.17, 15) is 4.79 Å². The van der Waals surface area contributed by atoms with Gasteiger partial charge in [0.05, 0.1) is 21.5 Å². The van der Waals surface area contributed by atoms with Crippen molar-refractivity contribution >= 4 is 72.0 Å². The summed E-state index contributed by atoms with van der Waals surface area (Å²) in [5, 5.41) is 2.81. The quantitative estimate of drug-likeness (QED) is 0.687. The predicted molar refractivity (Wildman–Crippen MR) is 96.6 cm³/mol. The standard InChI is InChI=1S/C13H10Br2N2O2S2/c1-19-9-4-6(12(16)20)2-3-8(9)17-13(18)10-5-7(14)11(15)21-10/h2-5H,1H3,(H2,16,20)(H,17,18). The molecule has 0 saturated carbocycles. The van der Waals surface area contributed by atoms with Gasteiger partial charge in [-0.15, -0.1) is 11.3 Å². The molecule has 0 atom stereocenters. The smallest absolute Gasteiger partial charge is 0.265 e. The van der Waals surface area contributed by atoms with Crippen molar-refractivity contribution in [2.45, 2.75) is 0 Å². The first-order valence-corrected chi connectivity index (χ1v) is 8.47. The number of benzene rings is 1. The molecule has 1 aromatic heterocycles. The van der Waals surface area contributed by atoms with Crippen LogP contribution in [0.1, 0.15) is 15.2 Å². The average molecular weight is 450 g/mol. The molecule has 110 valence electrons. The maximum absolute atomic E-state index is 12.2. The van der Waals surface area contributed by atoms with E-state index in [0.29, 0.717) is 21.9 Å². The van der Waals surface area contributed by atoms with Crippen LogP contribution in [0.2, 0.25) is 0 Å². The first kappa shape index (κ1) is 16.4. The van der Waals surface area contributed by atoms with Gasteiger partial charge in [0.2, 0.25) is 0 Å². The number of hydrogen-bond acceptors (Lipinski definition) is 4. The van der Waals surface area contributed by atoms with Gasteiger partial charge in [-0.2, -0.15) is 0 Å². The van der Waals surface area contributed by atoms with Gasteiger partial charge in [-0.3, -0.25) is 4.79 Å². The van der Waals surface area contributed by atoms with E-state index >= 15 is 0 Å². The average Bonchev–Trinajstić information content (AvgIpc) is 2.79. The maximum atomic E-state index is 12.2. The second-order valence-corrected chi connectivity index (χ2v) is 7.63. The normalized spacial score (nSPS) is 10.2. The van der Waals surface area contributed by atoms with Crippen LogP contribution in [-0.2, 0) is 0 Å². The molecule has 0 aliphatic carbocycles. The van der Waals surface area contributed by atoms with Crippen molar-refractivity contribution in [3.05, 3.63) is 43.0 Å². The molecule has 8 heteroatoms. The van der Waals surface area contributed by atoms with Crippen LogP contribution in [0.5, 0.6) is 5.75 Å². The van der Waals surface area contributed by atoms with Gasteiger partial charge >= 0.3 is 0 Å². The van der Waals surface area contributed by atoms with Crippen LogP contribution in [0.15, 0.2) is 32.5 Å². The largest absolute Gasteiger partial charge is 0.495 e. The van der Waals surface area contributed by atoms with E-state index in [1.54, 1.807) is 24.3 Å². The molecule has 1 amide bonds. The van der Waals surface area contributed by atoms with Crippen molar-refractivity contribution in [1.82, 2.24) is 0 Å². The third kappa shape index (κ3) is 3.82. The summed E-state index contributed by atoms with van der Waals surface area (Å²) in [4.78, 5) is 13.1. The molecule has 2 rings (SSSR count). The fraction of sp³-hybridized carbons (Fsp3) is 0.0769. The summed E-state index contributed by atoms with van der Waals surface area (Å²) in [6, 6.07) is 6.89. The third-order valence-electron chi connectivity index (χ3n) is 2.60. The summed E-state index contributed by atoms with van der Waals surface area (Å²) in [6.45, 7) is 0. The Kier molecular flexibility index (Phi) is 5.37. The van der Waals surface area contributed by atoms with Gasteiger partial charge in [-0.1, -0.05) is 12.2 Å². The molecule has 2 aromatic rings. The summed E-state index contributed by atoms with van der Waals surface area (Å²) in [5.41, 5.74) is 6.82. The molecule has 0 aliphatic heterocycles. The van der Waals surface area contributed by atoms with E-state index in [1.165, 1.54) is 18.4 Å². The molecule has 3 N–H and O–H groups in total. The van der Waals surface area contributed by atoms with Crippen molar-refractivity contribution in [2.24, 2.45) is 5.73 Å². The highest BCUT2D eigenvalue weighted by atomic mass is 79.9. The Bertz CT molecular complexity index is 697. The van der Waals surface area contributed by atoms with Crippen LogP contribution in [0.3, 0.4) is 0 Å². The van der Waals surface area contributed by atoms with Gasteiger partial charge in [-0.05, 0) is 56.1 Å². The maximum Gasteiger partial charge on any atom is 0.265 e. The van der Waals surface area contributed by atoms with Gasteiger partial charge in [0.1, 0.15) is 10.7 Å². The van der Waals surface area contributed by atoms with Crippen LogP contribution < -0.4 is 15.8 Å². The minimum absolute atomic E-state index is 0.215. The molecule has 0 fully saturated rings. The second-order valence-electron chi connectivity index (χ2n) is 3.97. The van der Waals surface area contributed by atoms with Gasteiger partial charge in [0.15, 0.2) is 0 Å². The van der Waals surface area contributed by atoms with Crippen LogP contribution in [0, 0.1) is 0 Å². The third-order valence-corrected chi connectivity index (χ3v) is 6.09. The minimum atomic E-state index is -0.215. The number of ether oxygens (including phenoxy) is 1. The van der Waals surface area contributed by atoms with E-state index in [-0.39, 0.29) is 10.9 Å². The van der Waals surface area contributed by atoms with E-state index < -0.39 is 0 Å². The first-order chi connectivity index (χ1) is 9.92. The molecule has 0 bridgehead atoms. The number of methoxy groups -OCH3 is 1. The molecule has 21 heavy (non-hydrogen) atoms. The molecule has 0 spiro atoms. The van der Waals surface area contributed by atoms with Gasteiger partial charge in [0, 0.05) is 10.0 Å². The molecule has 1 aromatic carbocycles. The number of nitrogens with two attached hydrogens (primary N) is 1. The van der Waals surface area contributed by atoms with Crippen LogP contribution >= 0.6 is 55.4 Å². The number of hydrogen-bond donors (Lipinski definition) is 2. The molecular weight excluding hydrogens is 440 g/mol.